The summed E-state index contributed by atoms with van der Waals surface area (Å²) in [6, 6.07) is -0.179. The van der Waals surface area contributed by atoms with Crippen molar-refractivity contribution in [1.29, 1.82) is 0 Å². The SMILES string of the molecule is O=C(CN1CCC(CC2CCC(N([O-])O)CC2)CC1)C1CCC(I)CC1. The molecule has 150 valence electrons. The average molecular weight is 477 g/mol. The number of rotatable bonds is 6. The molecule has 0 atom stereocenters. The zero-order valence-electron chi connectivity index (χ0n) is 15.8. The maximum atomic E-state index is 12.6. The van der Waals surface area contributed by atoms with Crippen molar-refractivity contribution in [3.63, 3.8) is 0 Å². The quantitative estimate of drug-likeness (QED) is 0.349. The van der Waals surface area contributed by atoms with Crippen LogP contribution in [0.1, 0.15) is 70.6 Å². The Morgan fingerprint density at radius 3 is 2.12 bits per heavy atom. The van der Waals surface area contributed by atoms with E-state index in [1.807, 2.05) is 0 Å². The molecule has 1 heterocycles. The van der Waals surface area contributed by atoms with Crippen molar-refractivity contribution in [2.45, 2.75) is 80.6 Å². The Morgan fingerprint density at radius 2 is 1.54 bits per heavy atom. The highest BCUT2D eigenvalue weighted by molar-refractivity contribution is 14.1. The Morgan fingerprint density at radius 1 is 0.962 bits per heavy atom. The monoisotopic (exact) mass is 477 g/mol. The zero-order chi connectivity index (χ0) is 18.5. The van der Waals surface area contributed by atoms with E-state index in [1.54, 1.807) is 0 Å². The lowest BCUT2D eigenvalue weighted by atomic mass is 9.78. The molecule has 5 nitrogen and oxygen atoms in total. The molecule has 3 rings (SSSR count). The van der Waals surface area contributed by atoms with E-state index in [1.165, 1.54) is 32.1 Å². The molecule has 0 aromatic rings. The highest BCUT2D eigenvalue weighted by atomic mass is 127. The predicted octanol–water partition coefficient (Wildman–Crippen LogP) is 4.40. The first kappa shape index (κ1) is 21.0. The third kappa shape index (κ3) is 6.12. The third-order valence-corrected chi connectivity index (χ3v) is 8.24. The number of hydrogen-bond acceptors (Lipinski definition) is 5. The van der Waals surface area contributed by atoms with Gasteiger partial charge >= 0.3 is 0 Å². The number of ketones is 1. The van der Waals surface area contributed by atoms with Gasteiger partial charge in [-0.15, -0.1) is 0 Å². The first-order valence-electron chi connectivity index (χ1n) is 10.6. The number of hydroxylamine groups is 2. The van der Waals surface area contributed by atoms with Crippen molar-refractivity contribution in [1.82, 2.24) is 10.1 Å². The van der Waals surface area contributed by atoms with Gasteiger partial charge in [0.1, 0.15) is 5.78 Å². The standard InChI is InChI=1S/C20H34IN2O3/c21-18-5-3-17(4-6-18)20(24)14-22-11-9-16(10-12-22)13-15-1-7-19(8-2-15)23(25)26/h15-19,25H,1-14H2/q-1. The molecule has 2 saturated carbocycles. The van der Waals surface area contributed by atoms with Gasteiger partial charge in [-0.2, -0.15) is 0 Å². The fourth-order valence-corrected chi connectivity index (χ4v) is 5.90. The molecule has 0 bridgehead atoms. The third-order valence-electron chi connectivity index (χ3n) is 6.99. The van der Waals surface area contributed by atoms with E-state index in [4.69, 9.17) is 5.21 Å². The summed E-state index contributed by atoms with van der Waals surface area (Å²) in [7, 11) is 0. The second-order valence-electron chi connectivity index (χ2n) is 8.85. The Balaban J connectivity index is 1.32. The van der Waals surface area contributed by atoms with Crippen LogP contribution in [0.3, 0.4) is 0 Å². The molecular formula is C20H34IN2O3-. The Bertz CT molecular complexity index is 438. The fraction of sp³-hybridized carbons (Fsp3) is 0.950. The number of carbonyl (C=O) groups excluding carboxylic acids is 1. The second kappa shape index (κ2) is 10.1. The molecule has 1 aliphatic heterocycles. The maximum Gasteiger partial charge on any atom is 0.149 e. The molecule has 0 amide bonds. The molecule has 2 aliphatic carbocycles. The van der Waals surface area contributed by atoms with Crippen molar-refractivity contribution in [3.8, 4) is 0 Å². The van der Waals surface area contributed by atoms with Crippen molar-refractivity contribution >= 4 is 28.4 Å². The van der Waals surface area contributed by atoms with Crippen LogP contribution in [-0.2, 0) is 4.79 Å². The minimum absolute atomic E-state index is 0.165. The van der Waals surface area contributed by atoms with Gasteiger partial charge in [-0.25, -0.2) is 0 Å². The van der Waals surface area contributed by atoms with E-state index in [-0.39, 0.29) is 11.3 Å². The van der Waals surface area contributed by atoms with Crippen molar-refractivity contribution in [3.05, 3.63) is 5.21 Å². The summed E-state index contributed by atoms with van der Waals surface area (Å²) in [5, 5.41) is 20.2. The summed E-state index contributed by atoms with van der Waals surface area (Å²) in [5.74, 6) is 2.29. The van der Waals surface area contributed by atoms with Gasteiger partial charge in [0.2, 0.25) is 0 Å². The number of hydrogen-bond donors (Lipinski definition) is 1. The zero-order valence-corrected chi connectivity index (χ0v) is 18.0. The largest absolute Gasteiger partial charge is 0.762 e. The Hall–Kier alpha value is 0.240. The van der Waals surface area contributed by atoms with Gasteiger partial charge in [-0.05, 0) is 95.6 Å². The van der Waals surface area contributed by atoms with Crippen LogP contribution in [0.15, 0.2) is 0 Å². The first-order valence-corrected chi connectivity index (χ1v) is 11.8. The van der Waals surface area contributed by atoms with E-state index in [2.05, 4.69) is 27.5 Å². The summed E-state index contributed by atoms with van der Waals surface area (Å²) in [4.78, 5) is 14.9. The van der Waals surface area contributed by atoms with E-state index in [0.717, 1.165) is 61.5 Å². The molecule has 0 unspecified atom stereocenters. The molecule has 26 heavy (non-hydrogen) atoms. The molecular weight excluding hydrogens is 443 g/mol. The lowest BCUT2D eigenvalue weighted by molar-refractivity contribution is -0.125. The van der Waals surface area contributed by atoms with E-state index in [9.17, 15) is 10.0 Å². The lowest BCUT2D eigenvalue weighted by Gasteiger charge is -2.39. The summed E-state index contributed by atoms with van der Waals surface area (Å²) < 4.78 is 0.775. The first-order chi connectivity index (χ1) is 12.5. The van der Waals surface area contributed by atoms with E-state index < -0.39 is 0 Å². The van der Waals surface area contributed by atoms with Crippen LogP contribution in [0.2, 0.25) is 0 Å². The molecule has 3 aliphatic rings. The van der Waals surface area contributed by atoms with Crippen LogP contribution < -0.4 is 0 Å². The highest BCUT2D eigenvalue weighted by Gasteiger charge is 2.29. The molecule has 0 spiro atoms. The summed E-state index contributed by atoms with van der Waals surface area (Å²) in [6.45, 7) is 2.81. The van der Waals surface area contributed by atoms with Crippen LogP contribution >= 0.6 is 22.6 Å². The Labute approximate surface area is 171 Å². The van der Waals surface area contributed by atoms with Crippen LogP contribution in [0.5, 0.6) is 0 Å². The van der Waals surface area contributed by atoms with Crippen LogP contribution in [0, 0.1) is 23.0 Å². The van der Waals surface area contributed by atoms with Gasteiger partial charge in [-0.1, -0.05) is 22.6 Å². The molecule has 1 saturated heterocycles. The minimum Gasteiger partial charge on any atom is -0.762 e. The molecule has 0 radical (unpaired) electrons. The van der Waals surface area contributed by atoms with Crippen LogP contribution in [-0.4, -0.2) is 50.7 Å². The van der Waals surface area contributed by atoms with Gasteiger partial charge in [0.15, 0.2) is 0 Å². The number of alkyl halides is 1. The Kier molecular flexibility index (Phi) is 8.18. The van der Waals surface area contributed by atoms with Gasteiger partial charge < -0.3 is 10.4 Å². The van der Waals surface area contributed by atoms with Crippen molar-refractivity contribution < 1.29 is 10.0 Å². The van der Waals surface area contributed by atoms with E-state index in [0.29, 0.717) is 24.2 Å². The average Bonchev–Trinajstić information content (AvgIpc) is 2.64. The summed E-state index contributed by atoms with van der Waals surface area (Å²) >= 11 is 2.52. The summed E-state index contributed by atoms with van der Waals surface area (Å²) in [5.41, 5.74) is 0. The topological polar surface area (TPSA) is 66.8 Å². The molecule has 6 heteroatoms. The fourth-order valence-electron chi connectivity index (χ4n) is 5.18. The van der Waals surface area contributed by atoms with Gasteiger partial charge in [0, 0.05) is 15.9 Å². The molecule has 3 fully saturated rings. The van der Waals surface area contributed by atoms with Crippen molar-refractivity contribution in [2.24, 2.45) is 17.8 Å². The predicted molar refractivity (Wildman–Crippen MR) is 111 cm³/mol. The van der Waals surface area contributed by atoms with Gasteiger partial charge in [-0.3, -0.25) is 14.9 Å². The molecule has 1 N–H and O–H groups in total. The number of nitrogens with zero attached hydrogens (tertiary/aromatic N) is 2. The number of carbonyl (C=O) groups is 1. The van der Waals surface area contributed by atoms with Crippen LogP contribution in [0.4, 0.5) is 0 Å². The highest BCUT2D eigenvalue weighted by Crippen LogP contribution is 2.34. The smallest absolute Gasteiger partial charge is 0.149 e. The van der Waals surface area contributed by atoms with Gasteiger partial charge in [0.25, 0.3) is 0 Å². The summed E-state index contributed by atoms with van der Waals surface area (Å²) in [6.07, 6.45) is 12.1. The van der Waals surface area contributed by atoms with Crippen LogP contribution in [0.25, 0.3) is 0 Å². The number of halogens is 1. The molecule has 0 aromatic carbocycles. The second-order valence-corrected chi connectivity index (χ2v) is 10.6. The lowest BCUT2D eigenvalue weighted by Crippen LogP contribution is -2.40. The number of piperidine rings is 1. The number of Topliss-reactive ketones (excluding diaryl/α,β-unsaturated/α-hetero) is 1. The minimum atomic E-state index is -0.179. The van der Waals surface area contributed by atoms with Gasteiger partial charge in [0.05, 0.1) is 6.54 Å². The van der Waals surface area contributed by atoms with Crippen molar-refractivity contribution in [2.75, 3.05) is 19.6 Å². The number of likely N-dealkylation sites (tertiary alicyclic amines) is 1. The maximum absolute atomic E-state index is 12.6. The molecule has 0 aromatic heterocycles. The van der Waals surface area contributed by atoms with E-state index >= 15 is 0 Å². The normalized spacial score (nSPS) is 34.9.